The number of aromatic amines is 1. The Kier molecular flexibility index (Phi) is 3.41. The van der Waals surface area contributed by atoms with Crippen molar-refractivity contribution in [2.75, 3.05) is 11.4 Å². The molecule has 0 saturated heterocycles. The lowest BCUT2D eigenvalue weighted by molar-refractivity contribution is 0.450. The molecule has 0 bridgehead atoms. The first-order valence-corrected chi connectivity index (χ1v) is 8.65. The molecular weight excluding hydrogens is 328 g/mol. The molecule has 8 nitrogen and oxygen atoms in total. The second-order valence-electron chi connectivity index (χ2n) is 6.62. The minimum absolute atomic E-state index is 0.254. The first-order chi connectivity index (χ1) is 12.8. The smallest absolute Gasteiger partial charge is 0.160 e. The van der Waals surface area contributed by atoms with Gasteiger partial charge in [-0.25, -0.2) is 9.97 Å². The van der Waals surface area contributed by atoms with Crippen LogP contribution in [0.2, 0.25) is 0 Å². The highest BCUT2D eigenvalue weighted by atomic mass is 15.4. The maximum atomic E-state index is 4.48. The quantitative estimate of drug-likeness (QED) is 0.611. The average molecular weight is 346 g/mol. The van der Waals surface area contributed by atoms with E-state index in [-0.39, 0.29) is 6.04 Å². The SMILES string of the molecule is C[C@H]1CN(c2ncnc3[nH]ncc23)Cc2nnc(Cc3ccccc3)n21. The van der Waals surface area contributed by atoms with E-state index in [1.54, 1.807) is 12.5 Å². The van der Waals surface area contributed by atoms with Gasteiger partial charge < -0.3 is 9.47 Å². The van der Waals surface area contributed by atoms with E-state index < -0.39 is 0 Å². The number of hydrogen-bond acceptors (Lipinski definition) is 6. The molecule has 26 heavy (non-hydrogen) atoms. The molecule has 0 spiro atoms. The zero-order chi connectivity index (χ0) is 17.5. The molecule has 1 atom stereocenters. The third-order valence-electron chi connectivity index (χ3n) is 4.83. The van der Waals surface area contributed by atoms with Crippen molar-refractivity contribution in [1.82, 2.24) is 34.9 Å². The van der Waals surface area contributed by atoms with Gasteiger partial charge in [0.2, 0.25) is 0 Å². The Morgan fingerprint density at radius 2 is 2.04 bits per heavy atom. The van der Waals surface area contributed by atoms with Crippen molar-refractivity contribution in [3.8, 4) is 0 Å². The lowest BCUT2D eigenvalue weighted by Gasteiger charge is -2.33. The molecular formula is C18H18N8. The van der Waals surface area contributed by atoms with E-state index in [1.165, 1.54) is 5.56 Å². The van der Waals surface area contributed by atoms with Crippen LogP contribution in [0.4, 0.5) is 5.82 Å². The van der Waals surface area contributed by atoms with Crippen LogP contribution < -0.4 is 4.90 Å². The summed E-state index contributed by atoms with van der Waals surface area (Å²) < 4.78 is 2.26. The van der Waals surface area contributed by atoms with Crippen molar-refractivity contribution < 1.29 is 0 Å². The molecule has 1 N–H and O–H groups in total. The molecule has 8 heteroatoms. The molecule has 130 valence electrons. The number of aromatic nitrogens is 7. The van der Waals surface area contributed by atoms with E-state index in [2.05, 4.69) is 71.0 Å². The van der Waals surface area contributed by atoms with Crippen LogP contribution in [-0.4, -0.2) is 41.5 Å². The summed E-state index contributed by atoms with van der Waals surface area (Å²) in [5, 5.41) is 16.8. The average Bonchev–Trinajstić information content (AvgIpc) is 3.29. The van der Waals surface area contributed by atoms with Crippen LogP contribution >= 0.6 is 0 Å². The zero-order valence-electron chi connectivity index (χ0n) is 14.4. The number of anilines is 1. The van der Waals surface area contributed by atoms with Crippen molar-refractivity contribution in [3.63, 3.8) is 0 Å². The van der Waals surface area contributed by atoms with Crippen molar-refractivity contribution in [2.24, 2.45) is 0 Å². The van der Waals surface area contributed by atoms with E-state index >= 15 is 0 Å². The number of H-pyrrole nitrogens is 1. The van der Waals surface area contributed by atoms with Gasteiger partial charge >= 0.3 is 0 Å². The molecule has 0 aliphatic carbocycles. The number of fused-ring (bicyclic) bond motifs is 2. The fourth-order valence-corrected chi connectivity index (χ4v) is 3.68. The summed E-state index contributed by atoms with van der Waals surface area (Å²) in [4.78, 5) is 10.9. The van der Waals surface area contributed by atoms with Gasteiger partial charge in [0.25, 0.3) is 0 Å². The van der Waals surface area contributed by atoms with Gasteiger partial charge in [-0.2, -0.15) is 5.10 Å². The predicted molar refractivity (Wildman–Crippen MR) is 96.7 cm³/mol. The Balaban J connectivity index is 1.48. The van der Waals surface area contributed by atoms with Crippen LogP contribution in [0, 0.1) is 0 Å². The van der Waals surface area contributed by atoms with E-state index in [0.29, 0.717) is 6.54 Å². The standard InChI is InChI=1S/C18H18N8/c1-12-9-25(18-14-8-21-24-17(14)19-11-20-18)10-16-23-22-15(26(12)16)7-13-5-3-2-4-6-13/h2-6,8,11-12H,7,9-10H2,1H3,(H,19,20,21,24)/t12-/m0/s1. The molecule has 4 aromatic rings. The molecule has 1 aliphatic heterocycles. The summed E-state index contributed by atoms with van der Waals surface area (Å²) in [6.45, 7) is 3.70. The number of benzene rings is 1. The van der Waals surface area contributed by atoms with Crippen molar-refractivity contribution in [3.05, 3.63) is 60.1 Å². The molecule has 3 aromatic heterocycles. The Labute approximate surface area is 149 Å². The first-order valence-electron chi connectivity index (χ1n) is 8.65. The topological polar surface area (TPSA) is 88.4 Å². The maximum absolute atomic E-state index is 4.48. The van der Waals surface area contributed by atoms with Crippen LogP contribution in [0.25, 0.3) is 11.0 Å². The van der Waals surface area contributed by atoms with Gasteiger partial charge in [0, 0.05) is 13.0 Å². The molecule has 0 saturated carbocycles. The monoisotopic (exact) mass is 346 g/mol. The molecule has 0 fully saturated rings. The predicted octanol–water partition coefficient (Wildman–Crippen LogP) is 2.12. The van der Waals surface area contributed by atoms with Gasteiger partial charge in [0.15, 0.2) is 11.5 Å². The largest absolute Gasteiger partial charge is 0.346 e. The van der Waals surface area contributed by atoms with Gasteiger partial charge in [-0.3, -0.25) is 5.10 Å². The molecule has 1 aromatic carbocycles. The summed E-state index contributed by atoms with van der Waals surface area (Å²) in [6, 6.07) is 10.6. The molecule has 0 radical (unpaired) electrons. The summed E-state index contributed by atoms with van der Waals surface area (Å²) in [7, 11) is 0. The zero-order valence-corrected chi connectivity index (χ0v) is 14.4. The van der Waals surface area contributed by atoms with Crippen LogP contribution in [0.5, 0.6) is 0 Å². The minimum Gasteiger partial charge on any atom is -0.346 e. The van der Waals surface area contributed by atoms with Gasteiger partial charge in [-0.05, 0) is 12.5 Å². The summed E-state index contributed by atoms with van der Waals surface area (Å²) in [5.41, 5.74) is 1.99. The van der Waals surface area contributed by atoms with Crippen LogP contribution in [0.3, 0.4) is 0 Å². The highest BCUT2D eigenvalue weighted by Crippen LogP contribution is 2.29. The van der Waals surface area contributed by atoms with E-state index in [0.717, 1.165) is 41.5 Å². The highest BCUT2D eigenvalue weighted by molar-refractivity contribution is 5.86. The summed E-state index contributed by atoms with van der Waals surface area (Å²) in [5.74, 6) is 2.86. The third kappa shape index (κ3) is 2.42. The van der Waals surface area contributed by atoms with Gasteiger partial charge in [-0.1, -0.05) is 30.3 Å². The molecule has 0 amide bonds. The van der Waals surface area contributed by atoms with E-state index in [4.69, 9.17) is 0 Å². The van der Waals surface area contributed by atoms with Crippen LogP contribution in [0.15, 0.2) is 42.9 Å². The van der Waals surface area contributed by atoms with Gasteiger partial charge in [0.1, 0.15) is 18.0 Å². The lowest BCUT2D eigenvalue weighted by atomic mass is 10.1. The Morgan fingerprint density at radius 1 is 1.15 bits per heavy atom. The summed E-state index contributed by atoms with van der Waals surface area (Å²) in [6.07, 6.45) is 4.13. The van der Waals surface area contributed by atoms with E-state index in [9.17, 15) is 0 Å². The minimum atomic E-state index is 0.254. The fraction of sp³-hybridized carbons (Fsp3) is 0.278. The lowest BCUT2D eigenvalue weighted by Crippen LogP contribution is -2.37. The van der Waals surface area contributed by atoms with Gasteiger partial charge in [0.05, 0.1) is 24.2 Å². The van der Waals surface area contributed by atoms with Crippen molar-refractivity contribution >= 4 is 16.9 Å². The van der Waals surface area contributed by atoms with Gasteiger partial charge in [-0.15, -0.1) is 10.2 Å². The van der Waals surface area contributed by atoms with E-state index in [1.807, 2.05) is 6.07 Å². The molecule has 0 unspecified atom stereocenters. The second-order valence-corrected chi connectivity index (χ2v) is 6.62. The van der Waals surface area contributed by atoms with Crippen LogP contribution in [-0.2, 0) is 13.0 Å². The second kappa shape index (κ2) is 5.91. The third-order valence-corrected chi connectivity index (χ3v) is 4.83. The van der Waals surface area contributed by atoms with Crippen molar-refractivity contribution in [1.29, 1.82) is 0 Å². The molecule has 5 rings (SSSR count). The Morgan fingerprint density at radius 3 is 2.92 bits per heavy atom. The Bertz CT molecular complexity index is 1050. The molecule has 1 aliphatic rings. The van der Waals surface area contributed by atoms with Crippen molar-refractivity contribution in [2.45, 2.75) is 25.9 Å². The molecule has 4 heterocycles. The fourth-order valence-electron chi connectivity index (χ4n) is 3.68. The highest BCUT2D eigenvalue weighted by Gasteiger charge is 2.28. The first kappa shape index (κ1) is 15.0. The number of nitrogens with one attached hydrogen (secondary N) is 1. The number of hydrogen-bond donors (Lipinski definition) is 1. The normalized spacial score (nSPS) is 16.8. The summed E-state index contributed by atoms with van der Waals surface area (Å²) >= 11 is 0. The van der Waals surface area contributed by atoms with Crippen LogP contribution in [0.1, 0.15) is 30.2 Å². The number of rotatable bonds is 3. The maximum Gasteiger partial charge on any atom is 0.160 e. The Hall–Kier alpha value is -3.29. The number of nitrogens with zero attached hydrogens (tertiary/aromatic N) is 7.